The van der Waals surface area contributed by atoms with Gasteiger partial charge < -0.3 is 21.7 Å². The monoisotopic (exact) mass is 540 g/mol. The molecule has 0 amide bonds. The van der Waals surface area contributed by atoms with E-state index in [4.69, 9.17) is 11.5 Å². The molecule has 0 aliphatic carbocycles. The van der Waals surface area contributed by atoms with Crippen LogP contribution in [0.3, 0.4) is 0 Å². The highest BCUT2D eigenvalue weighted by Gasteiger charge is 2.74. The maximum atomic E-state index is 13.7. The summed E-state index contributed by atoms with van der Waals surface area (Å²) in [6, 6.07) is 3.75. The minimum atomic E-state index is -6.61. The lowest BCUT2D eigenvalue weighted by Gasteiger charge is -2.37. The fourth-order valence-electron chi connectivity index (χ4n) is 3.99. The summed E-state index contributed by atoms with van der Waals surface area (Å²) in [6.45, 7) is 0. The number of aliphatic hydroxyl groups is 2. The first-order chi connectivity index (χ1) is 16.0. The van der Waals surface area contributed by atoms with Crippen molar-refractivity contribution in [2.75, 3.05) is 11.5 Å². The van der Waals surface area contributed by atoms with Gasteiger partial charge in [-0.15, -0.1) is 0 Å². The molecule has 3 rings (SSSR count). The number of fused-ring (bicyclic) bond motifs is 3. The van der Waals surface area contributed by atoms with Crippen LogP contribution in [0, 0.1) is 0 Å². The van der Waals surface area contributed by atoms with E-state index < -0.39 is 80.0 Å². The zero-order valence-corrected chi connectivity index (χ0v) is 17.0. The molecule has 4 nitrogen and oxygen atoms in total. The number of rotatable bonds is 2. The van der Waals surface area contributed by atoms with Crippen molar-refractivity contribution < 1.29 is 62.9 Å². The molecular weight excluding hydrogens is 528 g/mol. The average Bonchev–Trinajstić information content (AvgIpc) is 2.70. The molecule has 0 spiro atoms. The van der Waals surface area contributed by atoms with Gasteiger partial charge in [-0.3, -0.25) is 0 Å². The molecule has 0 saturated heterocycles. The SMILES string of the molecule is Nc1ccc2c(C(O)(C(F)(F)F)C(F)(F)F)c(N)c3ccccc3c2c1C(O)(C(F)(F)F)C(F)(F)F. The van der Waals surface area contributed by atoms with Gasteiger partial charge in [0.1, 0.15) is 0 Å². The van der Waals surface area contributed by atoms with Gasteiger partial charge in [0.25, 0.3) is 11.2 Å². The van der Waals surface area contributed by atoms with Crippen molar-refractivity contribution in [3.05, 3.63) is 47.5 Å². The van der Waals surface area contributed by atoms with E-state index in [-0.39, 0.29) is 12.1 Å². The Hall–Kier alpha value is -3.14. The second-order valence-electron chi connectivity index (χ2n) is 7.70. The van der Waals surface area contributed by atoms with Crippen LogP contribution < -0.4 is 11.5 Å². The number of nitrogens with two attached hydrogens (primary N) is 2. The summed E-state index contributed by atoms with van der Waals surface area (Å²) in [7, 11) is 0. The molecule has 0 atom stereocenters. The van der Waals surface area contributed by atoms with Gasteiger partial charge in [-0.2, -0.15) is 52.7 Å². The highest BCUT2D eigenvalue weighted by Crippen LogP contribution is 2.58. The number of nitrogen functional groups attached to an aromatic ring is 2. The molecule has 0 fully saturated rings. The second-order valence-corrected chi connectivity index (χ2v) is 7.70. The lowest BCUT2D eigenvalue weighted by Crippen LogP contribution is -2.55. The Balaban J connectivity index is 2.81. The molecular formula is C20H12F12N2O2. The van der Waals surface area contributed by atoms with Crippen molar-refractivity contribution in [2.45, 2.75) is 35.9 Å². The predicted octanol–water partition coefficient (Wildman–Crippen LogP) is 5.78. The van der Waals surface area contributed by atoms with E-state index in [1.165, 1.54) is 0 Å². The summed E-state index contributed by atoms with van der Waals surface area (Å²) in [5.74, 6) is 0. The zero-order valence-electron chi connectivity index (χ0n) is 17.0. The molecule has 198 valence electrons. The number of halogens is 12. The number of hydrogen-bond acceptors (Lipinski definition) is 4. The Kier molecular flexibility index (Phi) is 5.85. The lowest BCUT2D eigenvalue weighted by atomic mass is 9.79. The summed E-state index contributed by atoms with van der Waals surface area (Å²) in [6.07, 6.45) is -26.4. The molecule has 0 radical (unpaired) electrons. The van der Waals surface area contributed by atoms with Gasteiger partial charge in [0, 0.05) is 27.9 Å². The molecule has 6 N–H and O–H groups in total. The van der Waals surface area contributed by atoms with Gasteiger partial charge in [-0.25, -0.2) is 0 Å². The van der Waals surface area contributed by atoms with E-state index in [1.807, 2.05) is 0 Å². The Bertz CT molecular complexity index is 1280. The number of anilines is 2. The summed E-state index contributed by atoms with van der Waals surface area (Å²) in [5.41, 5.74) is -8.32. The fraction of sp³-hybridized carbons (Fsp3) is 0.300. The molecule has 0 heterocycles. The minimum Gasteiger partial charge on any atom is -0.398 e. The van der Waals surface area contributed by atoms with Crippen LogP contribution in [0.25, 0.3) is 21.5 Å². The first kappa shape index (κ1) is 27.4. The fourth-order valence-corrected chi connectivity index (χ4v) is 3.99. The average molecular weight is 540 g/mol. The molecule has 3 aromatic rings. The number of alkyl halides is 12. The van der Waals surface area contributed by atoms with Gasteiger partial charge in [0.05, 0.1) is 0 Å². The van der Waals surface area contributed by atoms with E-state index in [0.717, 1.165) is 18.2 Å². The third kappa shape index (κ3) is 3.48. The Morgan fingerprint density at radius 3 is 1.31 bits per heavy atom. The van der Waals surface area contributed by atoms with Crippen molar-refractivity contribution in [3.63, 3.8) is 0 Å². The lowest BCUT2D eigenvalue weighted by molar-refractivity contribution is -0.376. The quantitative estimate of drug-likeness (QED) is 0.188. The maximum Gasteiger partial charge on any atom is 0.430 e. The van der Waals surface area contributed by atoms with Crippen LogP contribution in [-0.4, -0.2) is 34.9 Å². The molecule has 36 heavy (non-hydrogen) atoms. The van der Waals surface area contributed by atoms with Crippen molar-refractivity contribution in [1.29, 1.82) is 0 Å². The van der Waals surface area contributed by atoms with Gasteiger partial charge in [0.15, 0.2) is 0 Å². The van der Waals surface area contributed by atoms with Crippen LogP contribution in [0.4, 0.5) is 64.1 Å². The van der Waals surface area contributed by atoms with Crippen LogP contribution in [0.2, 0.25) is 0 Å². The molecule has 0 aromatic heterocycles. The van der Waals surface area contributed by atoms with Crippen LogP contribution in [-0.2, 0) is 11.2 Å². The van der Waals surface area contributed by atoms with Crippen LogP contribution in [0.1, 0.15) is 11.1 Å². The Morgan fingerprint density at radius 1 is 0.500 bits per heavy atom. The minimum absolute atomic E-state index is 0.130. The van der Waals surface area contributed by atoms with Crippen molar-refractivity contribution >= 4 is 32.9 Å². The van der Waals surface area contributed by atoms with E-state index in [1.54, 1.807) is 0 Å². The Labute approximate surface area is 191 Å². The highest BCUT2D eigenvalue weighted by molar-refractivity contribution is 6.17. The van der Waals surface area contributed by atoms with Gasteiger partial charge in [0.2, 0.25) is 0 Å². The van der Waals surface area contributed by atoms with Crippen molar-refractivity contribution in [1.82, 2.24) is 0 Å². The van der Waals surface area contributed by atoms with E-state index in [0.29, 0.717) is 6.07 Å². The largest absolute Gasteiger partial charge is 0.430 e. The second kappa shape index (κ2) is 7.68. The van der Waals surface area contributed by atoms with Crippen LogP contribution in [0.5, 0.6) is 0 Å². The van der Waals surface area contributed by atoms with Gasteiger partial charge >= 0.3 is 24.7 Å². The molecule has 3 aromatic carbocycles. The zero-order chi connectivity index (χ0) is 27.9. The molecule has 0 saturated carbocycles. The summed E-state index contributed by atoms with van der Waals surface area (Å²) < 4.78 is 165. The van der Waals surface area contributed by atoms with Crippen LogP contribution in [0.15, 0.2) is 36.4 Å². The molecule has 0 bridgehead atoms. The topological polar surface area (TPSA) is 92.5 Å². The molecule has 0 aliphatic heterocycles. The van der Waals surface area contributed by atoms with Crippen LogP contribution >= 0.6 is 0 Å². The predicted molar refractivity (Wildman–Crippen MR) is 102 cm³/mol. The first-order valence-corrected chi connectivity index (χ1v) is 9.28. The van der Waals surface area contributed by atoms with Gasteiger partial charge in [-0.05, 0) is 22.2 Å². The summed E-state index contributed by atoms with van der Waals surface area (Å²) in [5, 5.41) is 15.1. The maximum absolute atomic E-state index is 13.7. The van der Waals surface area contributed by atoms with E-state index in [2.05, 4.69) is 0 Å². The standard InChI is InChI=1S/C20H12F12N2O2/c21-17(22,23)15(35,18(24,25)26)12-9-5-6-10(33)13(16(36,19(27,28)29)20(30,31)32)11(9)7-3-1-2-4-8(7)14(12)34/h1-6,35-36H,33-34H2. The smallest absolute Gasteiger partial charge is 0.398 e. The summed E-state index contributed by atoms with van der Waals surface area (Å²) >= 11 is 0. The van der Waals surface area contributed by atoms with Crippen molar-refractivity contribution in [2.24, 2.45) is 0 Å². The first-order valence-electron chi connectivity index (χ1n) is 9.28. The Morgan fingerprint density at radius 2 is 0.889 bits per heavy atom. The van der Waals surface area contributed by atoms with E-state index in [9.17, 15) is 62.9 Å². The normalized spacial score (nSPS) is 14.6. The molecule has 16 heteroatoms. The van der Waals surface area contributed by atoms with Crippen molar-refractivity contribution in [3.8, 4) is 0 Å². The molecule has 0 aliphatic rings. The number of hydrogen-bond donors (Lipinski definition) is 4. The van der Waals surface area contributed by atoms with E-state index >= 15 is 0 Å². The third-order valence-corrected chi connectivity index (χ3v) is 5.63. The van der Waals surface area contributed by atoms with Gasteiger partial charge in [-0.1, -0.05) is 30.3 Å². The summed E-state index contributed by atoms with van der Waals surface area (Å²) in [4.78, 5) is 0. The number of benzene rings is 3. The highest BCUT2D eigenvalue weighted by atomic mass is 19.4. The molecule has 0 unspecified atom stereocenters. The third-order valence-electron chi connectivity index (χ3n) is 5.63.